The molecule has 0 bridgehead atoms. The van der Waals surface area contributed by atoms with E-state index in [1.54, 1.807) is 0 Å². The van der Waals surface area contributed by atoms with Crippen LogP contribution in [0.25, 0.3) is 0 Å². The average molecular weight is 268 g/mol. The maximum atomic E-state index is 5.87. The van der Waals surface area contributed by atoms with E-state index in [-0.39, 0.29) is 5.60 Å². The fourth-order valence-electron chi connectivity index (χ4n) is 2.24. The minimum atomic E-state index is -0.133. The number of aromatic nitrogens is 1. The molecule has 0 amide bonds. The Bertz CT molecular complexity index is 394. The molecular weight excluding hydrogens is 244 g/mol. The Morgan fingerprint density at radius 3 is 2.89 bits per heavy atom. The molecule has 0 radical (unpaired) electrons. The zero-order valence-electron chi connectivity index (χ0n) is 11.9. The van der Waals surface area contributed by atoms with Crippen molar-refractivity contribution in [3.8, 4) is 0 Å². The second-order valence-corrected chi connectivity index (χ2v) is 6.82. The number of nitrogens with zero attached hydrogens (tertiary/aromatic N) is 1. The molecule has 1 atom stereocenters. The smallest absolute Gasteiger partial charge is 0.125 e. The monoisotopic (exact) mass is 268 g/mol. The quantitative estimate of drug-likeness (QED) is 0.890. The van der Waals surface area contributed by atoms with E-state index in [1.807, 2.05) is 11.3 Å². The largest absolute Gasteiger partial charge is 0.368 e. The molecule has 0 aliphatic carbocycles. The van der Waals surface area contributed by atoms with E-state index in [1.165, 1.54) is 4.88 Å². The van der Waals surface area contributed by atoms with Gasteiger partial charge in [-0.3, -0.25) is 0 Å². The van der Waals surface area contributed by atoms with E-state index in [4.69, 9.17) is 9.72 Å². The minimum absolute atomic E-state index is 0.133. The van der Waals surface area contributed by atoms with Crippen LogP contribution in [0.3, 0.4) is 0 Å². The fourth-order valence-corrected chi connectivity index (χ4v) is 3.40. The second-order valence-electron chi connectivity index (χ2n) is 5.74. The molecule has 1 N–H and O–H groups in total. The SMILES string of the molecule is Cc1nc(C2(C)CCCO2)sc1CNCC(C)C. The lowest BCUT2D eigenvalue weighted by Crippen LogP contribution is -2.19. The third-order valence-corrected chi connectivity index (χ3v) is 4.80. The highest BCUT2D eigenvalue weighted by Crippen LogP contribution is 2.38. The Balaban J connectivity index is 2.02. The topological polar surface area (TPSA) is 34.1 Å². The molecule has 1 aromatic rings. The summed E-state index contributed by atoms with van der Waals surface area (Å²) in [5, 5.41) is 4.64. The molecule has 0 saturated carbocycles. The predicted molar refractivity (Wildman–Crippen MR) is 75.9 cm³/mol. The number of hydrogen-bond acceptors (Lipinski definition) is 4. The van der Waals surface area contributed by atoms with Gasteiger partial charge in [-0.2, -0.15) is 0 Å². The number of nitrogens with one attached hydrogen (secondary N) is 1. The van der Waals surface area contributed by atoms with Crippen LogP contribution in [0.4, 0.5) is 0 Å². The van der Waals surface area contributed by atoms with Crippen LogP contribution in [-0.4, -0.2) is 18.1 Å². The van der Waals surface area contributed by atoms with Crippen LogP contribution in [0.15, 0.2) is 0 Å². The van der Waals surface area contributed by atoms with Gasteiger partial charge in [-0.25, -0.2) is 4.98 Å². The molecule has 1 aliphatic rings. The molecule has 1 aromatic heterocycles. The Kier molecular flexibility index (Phi) is 4.41. The molecule has 3 nitrogen and oxygen atoms in total. The van der Waals surface area contributed by atoms with Crippen molar-refractivity contribution < 1.29 is 4.74 Å². The Morgan fingerprint density at radius 2 is 2.28 bits per heavy atom. The molecule has 1 fully saturated rings. The van der Waals surface area contributed by atoms with Crippen LogP contribution in [0.2, 0.25) is 0 Å². The highest BCUT2D eigenvalue weighted by molar-refractivity contribution is 7.11. The van der Waals surface area contributed by atoms with Gasteiger partial charge in [0.2, 0.25) is 0 Å². The number of aryl methyl sites for hydroxylation is 1. The van der Waals surface area contributed by atoms with Crippen molar-refractivity contribution in [3.63, 3.8) is 0 Å². The summed E-state index contributed by atoms with van der Waals surface area (Å²) < 4.78 is 5.87. The Hall–Kier alpha value is -0.450. The minimum Gasteiger partial charge on any atom is -0.368 e. The molecule has 2 heterocycles. The summed E-state index contributed by atoms with van der Waals surface area (Å²) in [5.74, 6) is 0.688. The lowest BCUT2D eigenvalue weighted by Gasteiger charge is -2.19. The van der Waals surface area contributed by atoms with Crippen LogP contribution in [0, 0.1) is 12.8 Å². The van der Waals surface area contributed by atoms with Crippen molar-refractivity contribution in [2.24, 2.45) is 5.92 Å². The molecule has 18 heavy (non-hydrogen) atoms. The van der Waals surface area contributed by atoms with Gasteiger partial charge < -0.3 is 10.1 Å². The number of rotatable bonds is 5. The number of hydrogen-bond donors (Lipinski definition) is 1. The van der Waals surface area contributed by atoms with Crippen LogP contribution in [0.1, 0.15) is 49.2 Å². The van der Waals surface area contributed by atoms with Crippen molar-refractivity contribution in [2.45, 2.75) is 52.7 Å². The van der Waals surface area contributed by atoms with Gasteiger partial charge in [0.05, 0.1) is 5.69 Å². The molecule has 2 rings (SSSR count). The fraction of sp³-hybridized carbons (Fsp3) is 0.786. The Labute approximate surface area is 114 Å². The van der Waals surface area contributed by atoms with Gasteiger partial charge in [-0.05, 0) is 39.2 Å². The van der Waals surface area contributed by atoms with E-state index in [0.29, 0.717) is 5.92 Å². The van der Waals surface area contributed by atoms with Crippen LogP contribution in [0.5, 0.6) is 0 Å². The first kappa shape index (κ1) is 14.0. The van der Waals surface area contributed by atoms with Crippen LogP contribution >= 0.6 is 11.3 Å². The summed E-state index contributed by atoms with van der Waals surface area (Å²) in [6.07, 6.45) is 2.24. The first-order chi connectivity index (χ1) is 8.51. The summed E-state index contributed by atoms with van der Waals surface area (Å²) in [6.45, 7) is 11.6. The summed E-state index contributed by atoms with van der Waals surface area (Å²) >= 11 is 1.81. The molecule has 0 aromatic carbocycles. The molecular formula is C14H24N2OS. The first-order valence-corrected chi connectivity index (χ1v) is 7.64. The van der Waals surface area contributed by atoms with Crippen molar-refractivity contribution in [1.29, 1.82) is 0 Å². The van der Waals surface area contributed by atoms with Gasteiger partial charge in [0.1, 0.15) is 10.6 Å². The molecule has 102 valence electrons. The van der Waals surface area contributed by atoms with Gasteiger partial charge in [0.15, 0.2) is 0 Å². The first-order valence-electron chi connectivity index (χ1n) is 6.83. The zero-order chi connectivity index (χ0) is 13.2. The molecule has 1 unspecified atom stereocenters. The number of ether oxygens (including phenoxy) is 1. The maximum Gasteiger partial charge on any atom is 0.125 e. The van der Waals surface area contributed by atoms with Crippen molar-refractivity contribution in [3.05, 3.63) is 15.6 Å². The van der Waals surface area contributed by atoms with Gasteiger partial charge in [0, 0.05) is 18.0 Å². The highest BCUT2D eigenvalue weighted by Gasteiger charge is 2.35. The Morgan fingerprint density at radius 1 is 1.50 bits per heavy atom. The van der Waals surface area contributed by atoms with Crippen molar-refractivity contribution >= 4 is 11.3 Å². The van der Waals surface area contributed by atoms with E-state index < -0.39 is 0 Å². The standard InChI is InChI=1S/C14H24N2OS/c1-10(2)8-15-9-12-11(3)16-13(18-12)14(4)6-5-7-17-14/h10,15H,5-9H2,1-4H3. The normalized spacial score (nSPS) is 24.1. The summed E-state index contributed by atoms with van der Waals surface area (Å²) in [4.78, 5) is 6.07. The summed E-state index contributed by atoms with van der Waals surface area (Å²) in [7, 11) is 0. The third kappa shape index (κ3) is 3.11. The lowest BCUT2D eigenvalue weighted by molar-refractivity contribution is 0.0166. The van der Waals surface area contributed by atoms with E-state index in [0.717, 1.165) is 43.2 Å². The van der Waals surface area contributed by atoms with Crippen LogP contribution < -0.4 is 5.32 Å². The lowest BCUT2D eigenvalue weighted by atomic mass is 10.0. The van der Waals surface area contributed by atoms with Gasteiger partial charge >= 0.3 is 0 Å². The maximum absolute atomic E-state index is 5.87. The van der Waals surface area contributed by atoms with Crippen molar-refractivity contribution in [2.75, 3.05) is 13.2 Å². The molecule has 4 heteroatoms. The van der Waals surface area contributed by atoms with E-state index in [9.17, 15) is 0 Å². The summed E-state index contributed by atoms with van der Waals surface area (Å²) in [5.41, 5.74) is 1.02. The highest BCUT2D eigenvalue weighted by atomic mass is 32.1. The van der Waals surface area contributed by atoms with Gasteiger partial charge in [0.25, 0.3) is 0 Å². The molecule has 0 spiro atoms. The third-order valence-electron chi connectivity index (χ3n) is 3.40. The second kappa shape index (κ2) is 5.68. The van der Waals surface area contributed by atoms with Crippen molar-refractivity contribution in [1.82, 2.24) is 10.3 Å². The predicted octanol–water partition coefficient (Wildman–Crippen LogP) is 3.22. The van der Waals surface area contributed by atoms with E-state index in [2.05, 4.69) is 33.0 Å². The molecule has 1 saturated heterocycles. The van der Waals surface area contributed by atoms with Crippen LogP contribution in [-0.2, 0) is 16.9 Å². The average Bonchev–Trinajstić information content (AvgIpc) is 2.87. The number of thiazole rings is 1. The summed E-state index contributed by atoms with van der Waals surface area (Å²) in [6, 6.07) is 0. The van der Waals surface area contributed by atoms with Gasteiger partial charge in [-0.1, -0.05) is 13.8 Å². The van der Waals surface area contributed by atoms with Gasteiger partial charge in [-0.15, -0.1) is 11.3 Å². The van der Waals surface area contributed by atoms with E-state index >= 15 is 0 Å². The zero-order valence-corrected chi connectivity index (χ0v) is 12.7. The molecule has 1 aliphatic heterocycles.